The maximum Gasteiger partial charge on any atom is 0.336 e. The molecule has 0 heterocycles. The number of hydrogen-bond acceptors (Lipinski definition) is 2. The number of aromatic carboxylic acids is 1. The first-order chi connectivity index (χ1) is 10.9. The lowest BCUT2D eigenvalue weighted by Crippen LogP contribution is -2.19. The summed E-state index contributed by atoms with van der Waals surface area (Å²) in [7, 11) is 0. The van der Waals surface area contributed by atoms with E-state index in [2.05, 4.69) is 0 Å². The van der Waals surface area contributed by atoms with E-state index in [-0.39, 0.29) is 31.4 Å². The third kappa shape index (κ3) is 5.13. The van der Waals surface area contributed by atoms with E-state index in [1.54, 1.807) is 18.2 Å². The molecule has 128 valence electrons. The van der Waals surface area contributed by atoms with Gasteiger partial charge in [-0.15, -0.1) is 0 Å². The van der Waals surface area contributed by atoms with Gasteiger partial charge in [-0.05, 0) is 30.0 Å². The molecule has 1 aromatic rings. The van der Waals surface area contributed by atoms with Gasteiger partial charge in [-0.3, -0.25) is 0 Å². The molecule has 0 saturated heterocycles. The van der Waals surface area contributed by atoms with Gasteiger partial charge in [-0.1, -0.05) is 38.1 Å². The summed E-state index contributed by atoms with van der Waals surface area (Å²) in [6.07, 6.45) is 1.06. The van der Waals surface area contributed by atoms with E-state index in [1.165, 1.54) is 6.08 Å². The lowest BCUT2D eigenvalue weighted by atomic mass is 9.87. The Hall–Kier alpha value is -1.75. The zero-order chi connectivity index (χ0) is 17.5. The molecular formula is C18H24F2O3. The molecule has 0 saturated carbocycles. The number of carboxylic acid groups (broad SMARTS) is 1. The largest absolute Gasteiger partial charge is 0.478 e. The van der Waals surface area contributed by atoms with E-state index in [0.717, 1.165) is 0 Å². The monoisotopic (exact) mass is 326 g/mol. The lowest BCUT2D eigenvalue weighted by Gasteiger charge is -2.23. The molecule has 1 aromatic carbocycles. The lowest BCUT2D eigenvalue weighted by molar-refractivity contribution is -0.00603. The highest BCUT2D eigenvalue weighted by atomic mass is 19.3. The van der Waals surface area contributed by atoms with Gasteiger partial charge < -0.3 is 9.84 Å². The minimum absolute atomic E-state index is 0.155. The average Bonchev–Trinajstić information content (AvgIpc) is 2.54. The average molecular weight is 326 g/mol. The third-order valence-electron chi connectivity index (χ3n) is 3.58. The number of hydrogen-bond donors (Lipinski definition) is 1. The van der Waals surface area contributed by atoms with Crippen molar-refractivity contribution in [3.05, 3.63) is 41.0 Å². The van der Waals surface area contributed by atoms with Crippen LogP contribution in [0.4, 0.5) is 8.78 Å². The van der Waals surface area contributed by atoms with Gasteiger partial charge in [-0.25, -0.2) is 13.6 Å². The van der Waals surface area contributed by atoms with Crippen LogP contribution >= 0.6 is 0 Å². The molecule has 5 heteroatoms. The standard InChI is InChI=1S/C16H18F2O3.C2H6/c1-2-21-10-12-4-3-5-13(14(12)15(19)20)11-6-8-16(17,18)9-7-11;1-2/h3-6H,2,7-10H2,1H3,(H,19,20);1-2H3. The van der Waals surface area contributed by atoms with Crippen molar-refractivity contribution in [1.82, 2.24) is 0 Å². The molecule has 3 nitrogen and oxygen atoms in total. The van der Waals surface area contributed by atoms with Crippen molar-refractivity contribution < 1.29 is 23.4 Å². The molecule has 1 aliphatic carbocycles. The molecule has 2 rings (SSSR count). The van der Waals surface area contributed by atoms with E-state index in [1.807, 2.05) is 20.8 Å². The highest BCUT2D eigenvalue weighted by Gasteiger charge is 2.32. The van der Waals surface area contributed by atoms with Crippen LogP contribution in [-0.2, 0) is 11.3 Å². The number of carbonyl (C=O) groups is 1. The van der Waals surface area contributed by atoms with Crippen LogP contribution in [0.5, 0.6) is 0 Å². The van der Waals surface area contributed by atoms with Gasteiger partial charge in [0, 0.05) is 19.4 Å². The molecule has 0 atom stereocenters. The van der Waals surface area contributed by atoms with Crippen LogP contribution in [0.1, 0.15) is 61.5 Å². The normalized spacial score (nSPS) is 16.1. The van der Waals surface area contributed by atoms with Gasteiger partial charge in [0.05, 0.1) is 12.2 Å². The van der Waals surface area contributed by atoms with Gasteiger partial charge in [0.15, 0.2) is 0 Å². The van der Waals surface area contributed by atoms with E-state index >= 15 is 0 Å². The molecule has 0 amide bonds. The van der Waals surface area contributed by atoms with Crippen LogP contribution in [0.2, 0.25) is 0 Å². The molecule has 0 bridgehead atoms. The first-order valence-electron chi connectivity index (χ1n) is 7.95. The Labute approximate surface area is 136 Å². The van der Waals surface area contributed by atoms with Gasteiger partial charge in [0.25, 0.3) is 5.92 Å². The molecule has 0 aliphatic heterocycles. The molecule has 23 heavy (non-hydrogen) atoms. The number of rotatable bonds is 5. The van der Waals surface area contributed by atoms with E-state index in [4.69, 9.17) is 4.74 Å². The number of allylic oxidation sites excluding steroid dienone is 2. The second kappa shape index (κ2) is 8.77. The molecule has 1 N–H and O–H groups in total. The molecule has 1 aliphatic rings. The Morgan fingerprint density at radius 2 is 2.04 bits per heavy atom. The molecule has 0 unspecified atom stereocenters. The fourth-order valence-corrected chi connectivity index (χ4v) is 2.49. The van der Waals surface area contributed by atoms with E-state index in [9.17, 15) is 18.7 Å². The van der Waals surface area contributed by atoms with Crippen LogP contribution in [0.25, 0.3) is 5.57 Å². The predicted octanol–water partition coefficient (Wildman–Crippen LogP) is 5.15. The summed E-state index contributed by atoms with van der Waals surface area (Å²) in [5.41, 5.74) is 1.93. The summed E-state index contributed by atoms with van der Waals surface area (Å²) in [4.78, 5) is 11.5. The molecule has 0 fully saturated rings. The van der Waals surface area contributed by atoms with Crippen molar-refractivity contribution in [1.29, 1.82) is 0 Å². The summed E-state index contributed by atoms with van der Waals surface area (Å²) in [5.74, 6) is -3.74. The summed E-state index contributed by atoms with van der Waals surface area (Å²) in [6.45, 7) is 6.52. The van der Waals surface area contributed by atoms with Crippen LogP contribution in [0.3, 0.4) is 0 Å². The summed E-state index contributed by atoms with van der Waals surface area (Å²) in [5, 5.41) is 9.45. The Kier molecular flexibility index (Phi) is 7.36. The van der Waals surface area contributed by atoms with Crippen molar-refractivity contribution in [2.45, 2.75) is 52.6 Å². The predicted molar refractivity (Wildman–Crippen MR) is 86.9 cm³/mol. The number of halogens is 2. The van der Waals surface area contributed by atoms with Gasteiger partial charge in [0.1, 0.15) is 0 Å². The fourth-order valence-electron chi connectivity index (χ4n) is 2.49. The third-order valence-corrected chi connectivity index (χ3v) is 3.58. The molecule has 0 spiro atoms. The summed E-state index contributed by atoms with van der Waals surface area (Å²) < 4.78 is 31.7. The number of benzene rings is 1. The Morgan fingerprint density at radius 3 is 2.57 bits per heavy atom. The zero-order valence-corrected chi connectivity index (χ0v) is 13.9. The minimum atomic E-state index is -2.68. The van der Waals surface area contributed by atoms with Crippen molar-refractivity contribution in [3.63, 3.8) is 0 Å². The topological polar surface area (TPSA) is 46.5 Å². The van der Waals surface area contributed by atoms with Crippen LogP contribution in [-0.4, -0.2) is 23.6 Å². The van der Waals surface area contributed by atoms with Crippen LogP contribution in [0, 0.1) is 0 Å². The minimum Gasteiger partial charge on any atom is -0.478 e. The van der Waals surface area contributed by atoms with Crippen LogP contribution in [0.15, 0.2) is 24.3 Å². The zero-order valence-electron chi connectivity index (χ0n) is 13.9. The van der Waals surface area contributed by atoms with Crippen molar-refractivity contribution >= 4 is 11.5 Å². The summed E-state index contributed by atoms with van der Waals surface area (Å²) in [6, 6.07) is 5.11. The van der Waals surface area contributed by atoms with Gasteiger partial charge >= 0.3 is 5.97 Å². The van der Waals surface area contributed by atoms with Gasteiger partial charge in [-0.2, -0.15) is 0 Å². The van der Waals surface area contributed by atoms with E-state index in [0.29, 0.717) is 23.3 Å². The molecular weight excluding hydrogens is 302 g/mol. The maximum absolute atomic E-state index is 13.2. The molecule has 0 radical (unpaired) electrons. The second-order valence-corrected chi connectivity index (χ2v) is 5.07. The van der Waals surface area contributed by atoms with Crippen molar-refractivity contribution in [2.75, 3.05) is 6.61 Å². The Balaban J connectivity index is 0.00000127. The Morgan fingerprint density at radius 1 is 1.35 bits per heavy atom. The second-order valence-electron chi connectivity index (χ2n) is 5.07. The van der Waals surface area contributed by atoms with Crippen LogP contribution < -0.4 is 0 Å². The smallest absolute Gasteiger partial charge is 0.336 e. The molecule has 0 aromatic heterocycles. The first-order valence-corrected chi connectivity index (χ1v) is 7.95. The maximum atomic E-state index is 13.2. The van der Waals surface area contributed by atoms with Crippen molar-refractivity contribution in [3.8, 4) is 0 Å². The number of carboxylic acids is 1. The Bertz CT molecular complexity index is 565. The van der Waals surface area contributed by atoms with Crippen molar-refractivity contribution in [2.24, 2.45) is 0 Å². The van der Waals surface area contributed by atoms with E-state index < -0.39 is 11.9 Å². The highest BCUT2D eigenvalue weighted by Crippen LogP contribution is 2.37. The number of ether oxygens (including phenoxy) is 1. The summed E-state index contributed by atoms with van der Waals surface area (Å²) >= 11 is 0. The first kappa shape index (κ1) is 19.3. The fraction of sp³-hybridized carbons (Fsp3) is 0.500. The highest BCUT2D eigenvalue weighted by molar-refractivity contribution is 5.95. The SMILES string of the molecule is CC.CCOCc1cccc(C2=CCC(F)(F)CC2)c1C(=O)O. The number of alkyl halides is 2. The quantitative estimate of drug-likeness (QED) is 0.814. The van der Waals surface area contributed by atoms with Gasteiger partial charge in [0.2, 0.25) is 0 Å².